The Balaban J connectivity index is 1.97. The molecule has 88 valence electrons. The van der Waals surface area contributed by atoms with Crippen LogP contribution in [0.4, 0.5) is 0 Å². The van der Waals surface area contributed by atoms with E-state index in [4.69, 9.17) is 10.5 Å². The average molecular weight is 221 g/mol. The molecule has 0 saturated heterocycles. The Morgan fingerprint density at radius 1 is 1.44 bits per heavy atom. The van der Waals surface area contributed by atoms with Crippen molar-refractivity contribution in [1.82, 2.24) is 9.97 Å². The molecule has 1 unspecified atom stereocenters. The standard InChI is InChI=1S/C12H19N3O/c1-8(2)16-12-6-10(14-7-15-12)5-11(13)9-3-4-9/h6-9,11H,3-5,13H2,1-2H3. The van der Waals surface area contributed by atoms with Crippen LogP contribution in [0.3, 0.4) is 0 Å². The van der Waals surface area contributed by atoms with E-state index < -0.39 is 0 Å². The smallest absolute Gasteiger partial charge is 0.216 e. The molecule has 1 aromatic rings. The summed E-state index contributed by atoms with van der Waals surface area (Å²) in [6.07, 6.45) is 5.04. The minimum Gasteiger partial charge on any atom is -0.475 e. The van der Waals surface area contributed by atoms with E-state index in [9.17, 15) is 0 Å². The number of rotatable bonds is 5. The van der Waals surface area contributed by atoms with Crippen LogP contribution in [-0.2, 0) is 6.42 Å². The van der Waals surface area contributed by atoms with Crippen LogP contribution in [-0.4, -0.2) is 22.1 Å². The Hall–Kier alpha value is -1.16. The highest BCUT2D eigenvalue weighted by Gasteiger charge is 2.28. The van der Waals surface area contributed by atoms with Crippen LogP contribution in [0.1, 0.15) is 32.4 Å². The SMILES string of the molecule is CC(C)Oc1cc(CC(N)C2CC2)ncn1. The van der Waals surface area contributed by atoms with E-state index in [1.165, 1.54) is 12.8 Å². The first-order chi connectivity index (χ1) is 7.65. The van der Waals surface area contributed by atoms with Crippen molar-refractivity contribution in [3.63, 3.8) is 0 Å². The van der Waals surface area contributed by atoms with Crippen LogP contribution in [0.2, 0.25) is 0 Å². The lowest BCUT2D eigenvalue weighted by atomic mass is 10.1. The summed E-state index contributed by atoms with van der Waals surface area (Å²) in [6.45, 7) is 3.97. The number of hydrogen-bond donors (Lipinski definition) is 1. The first-order valence-electron chi connectivity index (χ1n) is 5.88. The van der Waals surface area contributed by atoms with Crippen LogP contribution in [0, 0.1) is 5.92 Å². The second-order valence-electron chi connectivity index (χ2n) is 4.72. The number of aromatic nitrogens is 2. The highest BCUT2D eigenvalue weighted by atomic mass is 16.5. The second-order valence-corrected chi connectivity index (χ2v) is 4.72. The van der Waals surface area contributed by atoms with E-state index >= 15 is 0 Å². The van der Waals surface area contributed by atoms with Gasteiger partial charge in [0.05, 0.1) is 6.10 Å². The summed E-state index contributed by atoms with van der Waals surface area (Å²) in [7, 11) is 0. The van der Waals surface area contributed by atoms with Crippen molar-refractivity contribution in [1.29, 1.82) is 0 Å². The molecule has 1 heterocycles. The Morgan fingerprint density at radius 3 is 2.81 bits per heavy atom. The summed E-state index contributed by atoms with van der Waals surface area (Å²) in [5, 5.41) is 0. The fourth-order valence-electron chi connectivity index (χ4n) is 1.73. The quantitative estimate of drug-likeness (QED) is 0.819. The minimum absolute atomic E-state index is 0.139. The normalized spacial score (nSPS) is 17.5. The molecule has 1 saturated carbocycles. The molecule has 0 bridgehead atoms. The lowest BCUT2D eigenvalue weighted by Crippen LogP contribution is -2.25. The van der Waals surface area contributed by atoms with Gasteiger partial charge in [0.15, 0.2) is 0 Å². The molecule has 1 atom stereocenters. The Bertz CT molecular complexity index is 350. The third-order valence-electron chi connectivity index (χ3n) is 2.73. The lowest BCUT2D eigenvalue weighted by Gasteiger charge is -2.11. The Kier molecular flexibility index (Phi) is 3.39. The maximum Gasteiger partial charge on any atom is 0.216 e. The van der Waals surface area contributed by atoms with Gasteiger partial charge in [0, 0.05) is 24.2 Å². The van der Waals surface area contributed by atoms with Crippen molar-refractivity contribution in [3.05, 3.63) is 18.1 Å². The van der Waals surface area contributed by atoms with Gasteiger partial charge in [-0.15, -0.1) is 0 Å². The van der Waals surface area contributed by atoms with Gasteiger partial charge in [-0.05, 0) is 32.6 Å². The summed E-state index contributed by atoms with van der Waals surface area (Å²) >= 11 is 0. The predicted octanol–water partition coefficient (Wildman–Crippen LogP) is 1.54. The van der Waals surface area contributed by atoms with Gasteiger partial charge < -0.3 is 10.5 Å². The van der Waals surface area contributed by atoms with Crippen molar-refractivity contribution in [3.8, 4) is 5.88 Å². The van der Waals surface area contributed by atoms with Gasteiger partial charge in [0.2, 0.25) is 5.88 Å². The highest BCUT2D eigenvalue weighted by molar-refractivity contribution is 5.15. The van der Waals surface area contributed by atoms with Crippen LogP contribution in [0.15, 0.2) is 12.4 Å². The fourth-order valence-corrected chi connectivity index (χ4v) is 1.73. The van der Waals surface area contributed by atoms with Gasteiger partial charge in [-0.1, -0.05) is 0 Å². The summed E-state index contributed by atoms with van der Waals surface area (Å²) in [6, 6.07) is 2.13. The van der Waals surface area contributed by atoms with Crippen LogP contribution in [0.5, 0.6) is 5.88 Å². The van der Waals surface area contributed by atoms with Crippen molar-refractivity contribution < 1.29 is 4.74 Å². The third-order valence-corrected chi connectivity index (χ3v) is 2.73. The summed E-state index contributed by atoms with van der Waals surface area (Å²) < 4.78 is 5.52. The Labute approximate surface area is 96.2 Å². The molecule has 1 fully saturated rings. The van der Waals surface area contributed by atoms with Gasteiger partial charge >= 0.3 is 0 Å². The van der Waals surface area contributed by atoms with E-state index in [-0.39, 0.29) is 12.1 Å². The largest absolute Gasteiger partial charge is 0.475 e. The maximum atomic E-state index is 6.06. The number of nitrogens with two attached hydrogens (primary N) is 1. The van der Waals surface area contributed by atoms with E-state index in [1.807, 2.05) is 19.9 Å². The van der Waals surface area contributed by atoms with E-state index in [1.54, 1.807) is 6.33 Å². The molecule has 1 aromatic heterocycles. The molecule has 1 aliphatic rings. The molecule has 0 aromatic carbocycles. The van der Waals surface area contributed by atoms with Crippen molar-refractivity contribution in [2.45, 2.75) is 45.3 Å². The van der Waals surface area contributed by atoms with Gasteiger partial charge in [-0.25, -0.2) is 9.97 Å². The molecule has 0 spiro atoms. The van der Waals surface area contributed by atoms with Crippen LogP contribution >= 0.6 is 0 Å². The van der Waals surface area contributed by atoms with Gasteiger partial charge in [0.1, 0.15) is 6.33 Å². The minimum atomic E-state index is 0.139. The van der Waals surface area contributed by atoms with Crippen LogP contribution in [0.25, 0.3) is 0 Å². The van der Waals surface area contributed by atoms with Crippen molar-refractivity contribution in [2.75, 3.05) is 0 Å². The number of ether oxygens (including phenoxy) is 1. The van der Waals surface area contributed by atoms with E-state index in [0.717, 1.165) is 12.1 Å². The number of nitrogens with zero attached hydrogens (tertiary/aromatic N) is 2. The average Bonchev–Trinajstić information content (AvgIpc) is 2.99. The van der Waals surface area contributed by atoms with E-state index in [2.05, 4.69) is 9.97 Å². The van der Waals surface area contributed by atoms with Crippen LogP contribution < -0.4 is 10.5 Å². The molecule has 2 N–H and O–H groups in total. The monoisotopic (exact) mass is 221 g/mol. The maximum absolute atomic E-state index is 6.06. The topological polar surface area (TPSA) is 61.0 Å². The zero-order chi connectivity index (χ0) is 11.5. The summed E-state index contributed by atoms with van der Waals surface area (Å²) in [5.41, 5.74) is 7.04. The van der Waals surface area contributed by atoms with Crippen molar-refractivity contribution >= 4 is 0 Å². The second kappa shape index (κ2) is 4.78. The molecule has 2 rings (SSSR count). The van der Waals surface area contributed by atoms with Gasteiger partial charge in [-0.3, -0.25) is 0 Å². The number of hydrogen-bond acceptors (Lipinski definition) is 4. The Morgan fingerprint density at radius 2 is 2.19 bits per heavy atom. The fraction of sp³-hybridized carbons (Fsp3) is 0.667. The predicted molar refractivity (Wildman–Crippen MR) is 62.2 cm³/mol. The molecule has 16 heavy (non-hydrogen) atoms. The molecule has 0 amide bonds. The molecular weight excluding hydrogens is 202 g/mol. The third kappa shape index (κ3) is 3.17. The van der Waals surface area contributed by atoms with Gasteiger partial charge in [-0.2, -0.15) is 0 Å². The molecule has 4 heteroatoms. The molecule has 0 radical (unpaired) electrons. The molecule has 0 aliphatic heterocycles. The molecular formula is C12H19N3O. The highest BCUT2D eigenvalue weighted by Crippen LogP contribution is 2.32. The zero-order valence-electron chi connectivity index (χ0n) is 9.89. The lowest BCUT2D eigenvalue weighted by molar-refractivity contribution is 0.232. The van der Waals surface area contributed by atoms with E-state index in [0.29, 0.717) is 11.8 Å². The zero-order valence-corrected chi connectivity index (χ0v) is 9.89. The summed E-state index contributed by atoms with van der Waals surface area (Å²) in [4.78, 5) is 8.30. The molecule has 1 aliphatic carbocycles. The van der Waals surface area contributed by atoms with Crippen molar-refractivity contribution in [2.24, 2.45) is 11.7 Å². The molecule has 4 nitrogen and oxygen atoms in total. The first kappa shape index (κ1) is 11.3. The summed E-state index contributed by atoms with van der Waals surface area (Å²) in [5.74, 6) is 1.34. The first-order valence-corrected chi connectivity index (χ1v) is 5.88. The van der Waals surface area contributed by atoms with Gasteiger partial charge in [0.25, 0.3) is 0 Å².